The summed E-state index contributed by atoms with van der Waals surface area (Å²) in [6.07, 6.45) is 0. The lowest BCUT2D eigenvalue weighted by atomic mass is 9.93. The molecule has 2 amide bonds. The zero-order valence-corrected chi connectivity index (χ0v) is 11.9. The van der Waals surface area contributed by atoms with Gasteiger partial charge in [0, 0.05) is 12.6 Å². The second-order valence-electron chi connectivity index (χ2n) is 4.99. The van der Waals surface area contributed by atoms with Crippen LogP contribution in [0.25, 0.3) is 0 Å². The van der Waals surface area contributed by atoms with E-state index >= 15 is 0 Å². The van der Waals surface area contributed by atoms with Crippen molar-refractivity contribution < 1.29 is 19.1 Å². The van der Waals surface area contributed by atoms with Crippen molar-refractivity contribution in [1.82, 2.24) is 5.32 Å². The number of methoxy groups -OCH3 is 1. The molecule has 0 atom stereocenters. The molecule has 1 aromatic carbocycles. The average molecular weight is 280 g/mol. The van der Waals surface area contributed by atoms with Crippen LogP contribution in [0.4, 0.5) is 0 Å². The Morgan fingerprint density at radius 3 is 2.55 bits per heavy atom. The van der Waals surface area contributed by atoms with E-state index in [1.165, 1.54) is 0 Å². The highest BCUT2D eigenvalue weighted by Gasteiger charge is 2.25. The van der Waals surface area contributed by atoms with Crippen molar-refractivity contribution in [2.75, 3.05) is 20.3 Å². The van der Waals surface area contributed by atoms with Crippen LogP contribution in [0.5, 0.6) is 11.5 Å². The first-order valence-electron chi connectivity index (χ1n) is 6.18. The molecule has 3 N–H and O–H groups in total. The van der Waals surface area contributed by atoms with Crippen LogP contribution in [0, 0.1) is 5.41 Å². The molecule has 6 heteroatoms. The van der Waals surface area contributed by atoms with E-state index in [1.54, 1.807) is 45.2 Å². The molecule has 0 spiro atoms. The van der Waals surface area contributed by atoms with Crippen LogP contribution in [-0.2, 0) is 9.59 Å². The van der Waals surface area contributed by atoms with Crippen molar-refractivity contribution in [3.8, 4) is 11.5 Å². The molecule has 1 rings (SSSR count). The van der Waals surface area contributed by atoms with E-state index in [-0.39, 0.29) is 19.1 Å². The predicted molar refractivity (Wildman–Crippen MR) is 74.5 cm³/mol. The zero-order chi connectivity index (χ0) is 15.2. The van der Waals surface area contributed by atoms with E-state index in [0.717, 1.165) is 0 Å². The average Bonchev–Trinajstić information content (AvgIpc) is 2.43. The minimum absolute atomic E-state index is 0.137. The summed E-state index contributed by atoms with van der Waals surface area (Å²) in [5, 5.41) is 2.61. The summed E-state index contributed by atoms with van der Waals surface area (Å²) in [5.74, 6) is 0.403. The van der Waals surface area contributed by atoms with Gasteiger partial charge in [-0.15, -0.1) is 0 Å². The molecule has 6 nitrogen and oxygen atoms in total. The summed E-state index contributed by atoms with van der Waals surface area (Å²) in [4.78, 5) is 22.7. The predicted octanol–water partition coefficient (Wildman–Crippen LogP) is 0.702. The van der Waals surface area contributed by atoms with Crippen LogP contribution in [-0.4, -0.2) is 32.1 Å². The number of nitrogens with one attached hydrogen (secondary N) is 1. The van der Waals surface area contributed by atoms with Gasteiger partial charge in [0.1, 0.15) is 11.5 Å². The molecular weight excluding hydrogens is 260 g/mol. The number of amides is 2. The van der Waals surface area contributed by atoms with Crippen molar-refractivity contribution in [2.24, 2.45) is 11.1 Å². The van der Waals surface area contributed by atoms with Gasteiger partial charge in [-0.1, -0.05) is 6.07 Å². The van der Waals surface area contributed by atoms with Crippen LogP contribution in [0.15, 0.2) is 24.3 Å². The zero-order valence-electron chi connectivity index (χ0n) is 11.9. The van der Waals surface area contributed by atoms with E-state index in [4.69, 9.17) is 15.2 Å². The van der Waals surface area contributed by atoms with Crippen LogP contribution < -0.4 is 20.5 Å². The van der Waals surface area contributed by atoms with Crippen LogP contribution in [0.2, 0.25) is 0 Å². The molecule has 1 aromatic rings. The lowest BCUT2D eigenvalue weighted by Crippen LogP contribution is -2.43. The van der Waals surface area contributed by atoms with Gasteiger partial charge in [-0.25, -0.2) is 0 Å². The Kier molecular flexibility index (Phi) is 5.37. The number of ether oxygens (including phenoxy) is 2. The van der Waals surface area contributed by atoms with Crippen molar-refractivity contribution >= 4 is 11.8 Å². The largest absolute Gasteiger partial charge is 0.497 e. The summed E-state index contributed by atoms with van der Waals surface area (Å²) in [7, 11) is 1.55. The molecule has 0 saturated carbocycles. The first-order valence-corrected chi connectivity index (χ1v) is 6.18. The van der Waals surface area contributed by atoms with Gasteiger partial charge in [-0.2, -0.15) is 0 Å². The molecule has 0 heterocycles. The van der Waals surface area contributed by atoms with Crippen molar-refractivity contribution in [3.63, 3.8) is 0 Å². The Morgan fingerprint density at radius 1 is 1.30 bits per heavy atom. The Bertz CT molecular complexity index is 486. The number of rotatable bonds is 7. The highest BCUT2D eigenvalue weighted by atomic mass is 16.5. The SMILES string of the molecule is COc1cccc(OCC(=O)NCC(C)(C)C(N)=O)c1. The fourth-order valence-electron chi connectivity index (χ4n) is 1.30. The maximum Gasteiger partial charge on any atom is 0.257 e. The summed E-state index contributed by atoms with van der Waals surface area (Å²) in [6, 6.07) is 6.95. The first kappa shape index (κ1) is 15.8. The molecular formula is C14H20N2O4. The minimum atomic E-state index is -0.786. The topological polar surface area (TPSA) is 90.7 Å². The monoisotopic (exact) mass is 280 g/mol. The van der Waals surface area contributed by atoms with Gasteiger partial charge in [0.05, 0.1) is 12.5 Å². The van der Waals surface area contributed by atoms with Gasteiger partial charge in [0.25, 0.3) is 5.91 Å². The van der Waals surface area contributed by atoms with Crippen LogP contribution in [0.1, 0.15) is 13.8 Å². The van der Waals surface area contributed by atoms with Gasteiger partial charge < -0.3 is 20.5 Å². The van der Waals surface area contributed by atoms with E-state index < -0.39 is 11.3 Å². The summed E-state index contributed by atoms with van der Waals surface area (Å²) < 4.78 is 10.4. The number of nitrogens with two attached hydrogens (primary N) is 1. The second-order valence-corrected chi connectivity index (χ2v) is 4.99. The Balaban J connectivity index is 2.42. The summed E-state index contributed by atoms with van der Waals surface area (Å²) in [5.41, 5.74) is 4.43. The molecule has 0 fully saturated rings. The third kappa shape index (κ3) is 4.79. The van der Waals surface area contributed by atoms with Gasteiger partial charge >= 0.3 is 0 Å². The van der Waals surface area contributed by atoms with Gasteiger partial charge in [-0.3, -0.25) is 9.59 Å². The van der Waals surface area contributed by atoms with Crippen LogP contribution in [0.3, 0.4) is 0 Å². The van der Waals surface area contributed by atoms with Gasteiger partial charge in [0.15, 0.2) is 6.61 Å². The van der Waals surface area contributed by atoms with E-state index in [1.807, 2.05) is 0 Å². The first-order chi connectivity index (χ1) is 9.35. The molecule has 0 aliphatic rings. The molecule has 0 radical (unpaired) electrons. The highest BCUT2D eigenvalue weighted by molar-refractivity contribution is 5.82. The van der Waals surface area contributed by atoms with E-state index in [2.05, 4.69) is 5.32 Å². The van der Waals surface area contributed by atoms with Crippen molar-refractivity contribution in [3.05, 3.63) is 24.3 Å². The Hall–Kier alpha value is -2.24. The Morgan fingerprint density at radius 2 is 1.95 bits per heavy atom. The maximum absolute atomic E-state index is 11.6. The van der Waals surface area contributed by atoms with E-state index in [9.17, 15) is 9.59 Å². The minimum Gasteiger partial charge on any atom is -0.497 e. The number of carbonyl (C=O) groups excluding carboxylic acids is 2. The Labute approximate surface area is 118 Å². The van der Waals surface area contributed by atoms with Gasteiger partial charge in [0.2, 0.25) is 5.91 Å². The quantitative estimate of drug-likeness (QED) is 0.769. The molecule has 0 saturated heterocycles. The molecule has 20 heavy (non-hydrogen) atoms. The molecule has 0 aromatic heterocycles. The number of primary amides is 1. The standard InChI is InChI=1S/C14H20N2O4/c1-14(2,13(15)18)9-16-12(17)8-20-11-6-4-5-10(7-11)19-3/h4-7H,8-9H2,1-3H3,(H2,15,18)(H,16,17). The number of hydrogen-bond donors (Lipinski definition) is 2. The number of hydrogen-bond acceptors (Lipinski definition) is 4. The van der Waals surface area contributed by atoms with Crippen LogP contribution >= 0.6 is 0 Å². The molecule has 0 aliphatic carbocycles. The maximum atomic E-state index is 11.6. The fraction of sp³-hybridized carbons (Fsp3) is 0.429. The molecule has 0 aliphatic heterocycles. The molecule has 110 valence electrons. The molecule has 0 bridgehead atoms. The summed E-state index contributed by atoms with van der Waals surface area (Å²) >= 11 is 0. The highest BCUT2D eigenvalue weighted by Crippen LogP contribution is 2.18. The second kappa shape index (κ2) is 6.79. The van der Waals surface area contributed by atoms with Crippen molar-refractivity contribution in [1.29, 1.82) is 0 Å². The summed E-state index contributed by atoms with van der Waals surface area (Å²) in [6.45, 7) is 3.36. The number of carbonyl (C=O) groups is 2. The lowest BCUT2D eigenvalue weighted by Gasteiger charge is -2.20. The normalized spacial score (nSPS) is 10.8. The number of benzene rings is 1. The van der Waals surface area contributed by atoms with Crippen molar-refractivity contribution in [2.45, 2.75) is 13.8 Å². The lowest BCUT2D eigenvalue weighted by molar-refractivity contribution is -0.127. The van der Waals surface area contributed by atoms with Gasteiger partial charge in [-0.05, 0) is 26.0 Å². The fourth-order valence-corrected chi connectivity index (χ4v) is 1.30. The van der Waals surface area contributed by atoms with E-state index in [0.29, 0.717) is 11.5 Å². The third-order valence-electron chi connectivity index (χ3n) is 2.81. The molecule has 0 unspecified atom stereocenters. The third-order valence-corrected chi connectivity index (χ3v) is 2.81. The smallest absolute Gasteiger partial charge is 0.257 e.